The molecule has 1 saturated heterocycles. The van der Waals surface area contributed by atoms with Gasteiger partial charge in [0.05, 0.1) is 4.92 Å². The standard InChI is InChI=1S/C31H27N3O8S/c1-20(35)41-18-24-19-43-30-31(40-2,32-17-21-13-15-25(16-14-21)34(38)39)29(37)33(30)26(24)28(36)42-27(22-9-5-3-6-10-22)23-11-7-4-8-12-23/h3-17,27,30H,18-19H2,1-2H3/t30-,31+/m1/s1. The lowest BCUT2D eigenvalue weighted by molar-refractivity contribution is -0.384. The number of non-ortho nitro benzene ring substituents is 1. The fourth-order valence-corrected chi connectivity index (χ4v) is 6.23. The van der Waals surface area contributed by atoms with Gasteiger partial charge in [0.1, 0.15) is 17.7 Å². The Morgan fingerprint density at radius 1 is 1.07 bits per heavy atom. The van der Waals surface area contributed by atoms with Crippen molar-refractivity contribution in [2.24, 2.45) is 4.99 Å². The molecule has 11 nitrogen and oxygen atoms in total. The first-order chi connectivity index (χ1) is 20.7. The van der Waals surface area contributed by atoms with E-state index in [9.17, 15) is 24.5 Å². The minimum absolute atomic E-state index is 0.0231. The predicted octanol–water partition coefficient (Wildman–Crippen LogP) is 4.42. The minimum atomic E-state index is -1.65. The van der Waals surface area contributed by atoms with Crippen molar-refractivity contribution in [3.05, 3.63) is 123 Å². The smallest absolute Gasteiger partial charge is 0.356 e. The Labute approximate surface area is 251 Å². The molecule has 12 heteroatoms. The zero-order valence-electron chi connectivity index (χ0n) is 23.2. The summed E-state index contributed by atoms with van der Waals surface area (Å²) in [5.41, 5.74) is 0.658. The van der Waals surface area contributed by atoms with E-state index in [0.29, 0.717) is 11.1 Å². The Morgan fingerprint density at radius 2 is 1.67 bits per heavy atom. The van der Waals surface area contributed by atoms with Gasteiger partial charge >= 0.3 is 11.9 Å². The van der Waals surface area contributed by atoms with Crippen LogP contribution in [0.15, 0.2) is 101 Å². The molecular weight excluding hydrogens is 574 g/mol. The molecular formula is C31H27N3O8S. The van der Waals surface area contributed by atoms with E-state index < -0.39 is 40.0 Å². The fourth-order valence-electron chi connectivity index (χ4n) is 4.82. The van der Waals surface area contributed by atoms with Gasteiger partial charge in [-0.25, -0.2) is 9.79 Å². The maximum atomic E-state index is 14.0. The van der Waals surface area contributed by atoms with Gasteiger partial charge in [-0.1, -0.05) is 60.7 Å². The van der Waals surface area contributed by atoms with Crippen LogP contribution in [0.5, 0.6) is 0 Å². The molecule has 3 aromatic carbocycles. The molecule has 43 heavy (non-hydrogen) atoms. The lowest BCUT2D eigenvalue weighted by Gasteiger charge is -2.54. The van der Waals surface area contributed by atoms with Crippen molar-refractivity contribution in [3.8, 4) is 0 Å². The molecule has 0 saturated carbocycles. The van der Waals surface area contributed by atoms with Gasteiger partial charge in [-0.15, -0.1) is 11.8 Å². The largest absolute Gasteiger partial charge is 0.461 e. The van der Waals surface area contributed by atoms with Crippen molar-refractivity contribution in [2.45, 2.75) is 24.1 Å². The number of methoxy groups -OCH3 is 1. The zero-order valence-corrected chi connectivity index (χ0v) is 24.1. The Bertz CT molecular complexity index is 1550. The highest BCUT2D eigenvalue weighted by Gasteiger charge is 2.66. The number of nitro benzene ring substituents is 1. The van der Waals surface area contributed by atoms with Crippen LogP contribution >= 0.6 is 11.8 Å². The van der Waals surface area contributed by atoms with E-state index in [1.807, 2.05) is 60.7 Å². The highest BCUT2D eigenvalue weighted by molar-refractivity contribution is 8.00. The van der Waals surface area contributed by atoms with Gasteiger partial charge in [0.15, 0.2) is 6.10 Å². The highest BCUT2D eigenvalue weighted by Crippen LogP contribution is 2.49. The number of carbonyl (C=O) groups excluding carboxylic acids is 3. The Balaban J connectivity index is 1.47. The number of carbonyl (C=O) groups is 3. The van der Waals surface area contributed by atoms with E-state index in [1.165, 1.54) is 61.2 Å². The van der Waals surface area contributed by atoms with Crippen molar-refractivity contribution in [3.63, 3.8) is 0 Å². The topological polar surface area (TPSA) is 138 Å². The van der Waals surface area contributed by atoms with Crippen LogP contribution < -0.4 is 0 Å². The van der Waals surface area contributed by atoms with Crippen molar-refractivity contribution >= 4 is 41.5 Å². The van der Waals surface area contributed by atoms with Gasteiger partial charge in [-0.3, -0.25) is 24.6 Å². The molecule has 0 radical (unpaired) electrons. The average molecular weight is 602 g/mol. The second-order valence-corrected chi connectivity index (χ2v) is 10.8. The summed E-state index contributed by atoms with van der Waals surface area (Å²) >= 11 is 1.30. The van der Waals surface area contributed by atoms with Crippen LogP contribution in [0.1, 0.15) is 29.7 Å². The number of amides is 1. The first kappa shape index (κ1) is 29.7. The van der Waals surface area contributed by atoms with Crippen LogP contribution in [0, 0.1) is 10.1 Å². The maximum Gasteiger partial charge on any atom is 0.356 e. The third kappa shape index (κ3) is 5.92. The van der Waals surface area contributed by atoms with Gasteiger partial charge < -0.3 is 14.2 Å². The summed E-state index contributed by atoms with van der Waals surface area (Å²) in [4.78, 5) is 55.6. The molecule has 2 aliphatic heterocycles. The second-order valence-electron chi connectivity index (χ2n) is 9.69. The molecule has 0 bridgehead atoms. The van der Waals surface area contributed by atoms with Crippen LogP contribution in [0.25, 0.3) is 0 Å². The molecule has 0 aliphatic carbocycles. The van der Waals surface area contributed by atoms with E-state index >= 15 is 0 Å². The summed E-state index contributed by atoms with van der Waals surface area (Å²) in [5, 5.41) is 10.3. The molecule has 5 rings (SSSR count). The van der Waals surface area contributed by atoms with Crippen molar-refractivity contribution in [1.82, 2.24) is 4.90 Å². The summed E-state index contributed by atoms with van der Waals surface area (Å²) in [6, 6.07) is 24.1. The normalized spacial score (nSPS) is 19.7. The molecule has 3 aromatic rings. The number of hydrogen-bond donors (Lipinski definition) is 0. The number of rotatable bonds is 10. The Kier molecular flexibility index (Phi) is 8.69. The molecule has 2 aliphatic rings. The molecule has 2 atom stereocenters. The van der Waals surface area contributed by atoms with Gasteiger partial charge in [0.2, 0.25) is 0 Å². The van der Waals surface area contributed by atoms with E-state index in [0.717, 1.165) is 11.1 Å². The van der Waals surface area contributed by atoms with Gasteiger partial charge in [0.25, 0.3) is 17.3 Å². The number of β-lactam (4-membered cyclic amide) rings is 1. The predicted molar refractivity (Wildman–Crippen MR) is 158 cm³/mol. The summed E-state index contributed by atoms with van der Waals surface area (Å²) in [6.07, 6.45) is 0.633. The SMILES string of the molecule is CO[C@@]1(N=Cc2ccc([N+](=O)[O-])cc2)C(=O)N2C(C(=O)OC(c3ccccc3)c3ccccc3)=C(COC(C)=O)CS[C@@H]21. The van der Waals surface area contributed by atoms with Crippen LogP contribution in [-0.4, -0.2) is 64.5 Å². The summed E-state index contributed by atoms with van der Waals surface area (Å²) in [6.45, 7) is 1.06. The third-order valence-corrected chi connectivity index (χ3v) is 8.34. The van der Waals surface area contributed by atoms with Crippen molar-refractivity contribution < 1.29 is 33.5 Å². The van der Waals surface area contributed by atoms with E-state index in [2.05, 4.69) is 4.99 Å². The molecule has 2 heterocycles. The maximum absolute atomic E-state index is 14.0. The molecule has 1 amide bonds. The quantitative estimate of drug-likeness (QED) is 0.109. The molecule has 220 valence electrons. The molecule has 0 aromatic heterocycles. The number of ether oxygens (including phenoxy) is 3. The van der Waals surface area contributed by atoms with Crippen LogP contribution in [0.2, 0.25) is 0 Å². The van der Waals surface area contributed by atoms with Crippen molar-refractivity contribution in [1.29, 1.82) is 0 Å². The lowest BCUT2D eigenvalue weighted by atomic mass is 9.98. The van der Waals surface area contributed by atoms with Gasteiger partial charge in [-0.2, -0.15) is 0 Å². The van der Waals surface area contributed by atoms with Gasteiger partial charge in [0, 0.05) is 43.7 Å². The third-order valence-electron chi connectivity index (χ3n) is 6.98. The molecule has 0 spiro atoms. The first-order valence-electron chi connectivity index (χ1n) is 13.2. The summed E-state index contributed by atoms with van der Waals surface area (Å²) in [7, 11) is 1.35. The summed E-state index contributed by atoms with van der Waals surface area (Å²) < 4.78 is 17.0. The van der Waals surface area contributed by atoms with E-state index in [-0.39, 0.29) is 23.7 Å². The number of aliphatic imine (C=N–C) groups is 1. The molecule has 0 unspecified atom stereocenters. The number of nitro groups is 1. The zero-order chi connectivity index (χ0) is 30.6. The van der Waals surface area contributed by atoms with Crippen molar-refractivity contribution in [2.75, 3.05) is 19.5 Å². The number of nitrogens with zero attached hydrogens (tertiary/aromatic N) is 3. The second kappa shape index (κ2) is 12.6. The lowest BCUT2D eigenvalue weighted by Crippen LogP contribution is -2.73. The minimum Gasteiger partial charge on any atom is -0.461 e. The first-order valence-corrected chi connectivity index (χ1v) is 14.3. The number of thioether (sulfide) groups is 1. The van der Waals surface area contributed by atoms with E-state index in [1.54, 1.807) is 0 Å². The Hall–Kier alpha value is -4.81. The molecule has 1 fully saturated rings. The van der Waals surface area contributed by atoms with Gasteiger partial charge in [-0.05, 0) is 28.8 Å². The highest BCUT2D eigenvalue weighted by atomic mass is 32.2. The van der Waals surface area contributed by atoms with Crippen LogP contribution in [0.4, 0.5) is 5.69 Å². The number of hydrogen-bond acceptors (Lipinski definition) is 10. The Morgan fingerprint density at radius 3 is 2.21 bits per heavy atom. The summed E-state index contributed by atoms with van der Waals surface area (Å²) in [5.74, 6) is -1.66. The van der Waals surface area contributed by atoms with Crippen LogP contribution in [-0.2, 0) is 28.6 Å². The monoisotopic (exact) mass is 601 g/mol. The van der Waals surface area contributed by atoms with E-state index in [4.69, 9.17) is 14.2 Å². The molecule has 0 N–H and O–H groups in total. The number of esters is 2. The fraction of sp³-hybridized carbons (Fsp3) is 0.226. The van der Waals surface area contributed by atoms with Crippen LogP contribution in [0.3, 0.4) is 0 Å². The average Bonchev–Trinajstić information content (AvgIpc) is 3.03. The number of benzene rings is 3. The number of fused-ring (bicyclic) bond motifs is 1.